The molecule has 0 bridgehead atoms. The first-order valence-electron chi connectivity index (χ1n) is 7.06. The van der Waals surface area contributed by atoms with Crippen molar-refractivity contribution in [3.8, 4) is 5.75 Å². The second kappa shape index (κ2) is 6.86. The van der Waals surface area contributed by atoms with E-state index in [2.05, 4.69) is 17.0 Å². The van der Waals surface area contributed by atoms with Gasteiger partial charge >= 0.3 is 0 Å². The smallest absolute Gasteiger partial charge is 0.134 e. The Balaban J connectivity index is 0.00000176. The first kappa shape index (κ1) is 16.4. The van der Waals surface area contributed by atoms with Crippen LogP contribution >= 0.6 is 12.4 Å². The third-order valence-corrected chi connectivity index (χ3v) is 3.75. The van der Waals surface area contributed by atoms with Gasteiger partial charge in [-0.1, -0.05) is 30.3 Å². The minimum absolute atomic E-state index is 0. The van der Waals surface area contributed by atoms with Gasteiger partial charge in [-0.05, 0) is 43.9 Å². The van der Waals surface area contributed by atoms with E-state index in [-0.39, 0.29) is 18.4 Å². The molecule has 4 heteroatoms. The number of hydrogen-bond donors (Lipinski definition) is 1. The molecule has 0 amide bonds. The summed E-state index contributed by atoms with van der Waals surface area (Å²) in [5.74, 6) is 1.25. The number of benzene rings is 2. The Morgan fingerprint density at radius 3 is 2.50 bits per heavy atom. The fraction of sp³-hybridized carbons (Fsp3) is 0.222. The van der Waals surface area contributed by atoms with Crippen molar-refractivity contribution in [3.63, 3.8) is 0 Å². The molecule has 0 saturated heterocycles. The van der Waals surface area contributed by atoms with Gasteiger partial charge in [-0.15, -0.1) is 12.4 Å². The summed E-state index contributed by atoms with van der Waals surface area (Å²) in [6.45, 7) is 0. The molecule has 116 valence electrons. The van der Waals surface area contributed by atoms with E-state index in [1.165, 1.54) is 0 Å². The molecule has 1 atom stereocenters. The molecule has 0 aliphatic carbocycles. The zero-order valence-corrected chi connectivity index (χ0v) is 13.5. The van der Waals surface area contributed by atoms with E-state index in [1.807, 2.05) is 50.5 Å². The third kappa shape index (κ3) is 3.43. The van der Waals surface area contributed by atoms with Crippen LogP contribution < -0.4 is 0 Å². The van der Waals surface area contributed by atoms with Crippen molar-refractivity contribution in [2.24, 2.45) is 0 Å². The number of phenols is 1. The fourth-order valence-corrected chi connectivity index (χ4v) is 2.66. The van der Waals surface area contributed by atoms with E-state index in [1.54, 1.807) is 6.07 Å². The average molecular weight is 318 g/mol. The van der Waals surface area contributed by atoms with Crippen LogP contribution in [0, 0.1) is 0 Å². The number of aromatic hydroxyl groups is 1. The molecule has 1 heterocycles. The molecule has 0 saturated carbocycles. The zero-order valence-electron chi connectivity index (χ0n) is 12.7. The van der Waals surface area contributed by atoms with Crippen molar-refractivity contribution in [1.29, 1.82) is 0 Å². The van der Waals surface area contributed by atoms with E-state index in [0.29, 0.717) is 5.75 Å². The van der Waals surface area contributed by atoms with Gasteiger partial charge in [0.2, 0.25) is 0 Å². The van der Waals surface area contributed by atoms with Crippen LogP contribution in [-0.4, -0.2) is 24.1 Å². The number of fused-ring (bicyclic) bond motifs is 1. The predicted octanol–water partition coefficient (Wildman–Crippen LogP) is 4.41. The van der Waals surface area contributed by atoms with Gasteiger partial charge in [-0.2, -0.15) is 0 Å². The van der Waals surface area contributed by atoms with Gasteiger partial charge in [0.15, 0.2) is 0 Å². The van der Waals surface area contributed by atoms with Crippen LogP contribution in [0.1, 0.15) is 17.4 Å². The summed E-state index contributed by atoms with van der Waals surface area (Å²) in [7, 11) is 4.08. The lowest BCUT2D eigenvalue weighted by Crippen LogP contribution is -2.21. The maximum atomic E-state index is 9.68. The lowest BCUT2D eigenvalue weighted by atomic mass is 10.0. The SMILES string of the molecule is CN(C)C(Cc1cc2ccccc2o1)c1cccc(O)c1.Cl. The van der Waals surface area contributed by atoms with Crippen molar-refractivity contribution in [2.75, 3.05) is 14.1 Å². The maximum Gasteiger partial charge on any atom is 0.134 e. The molecule has 1 unspecified atom stereocenters. The first-order chi connectivity index (χ1) is 10.1. The Labute approximate surface area is 136 Å². The number of hydrogen-bond acceptors (Lipinski definition) is 3. The summed E-state index contributed by atoms with van der Waals surface area (Å²) in [5.41, 5.74) is 2.00. The van der Waals surface area contributed by atoms with E-state index < -0.39 is 0 Å². The van der Waals surface area contributed by atoms with Gasteiger partial charge in [-0.25, -0.2) is 0 Å². The van der Waals surface area contributed by atoms with Gasteiger partial charge < -0.3 is 14.4 Å². The van der Waals surface area contributed by atoms with E-state index in [9.17, 15) is 5.11 Å². The first-order valence-corrected chi connectivity index (χ1v) is 7.06. The number of furan rings is 1. The molecule has 1 N–H and O–H groups in total. The van der Waals surface area contributed by atoms with Gasteiger partial charge in [0.25, 0.3) is 0 Å². The van der Waals surface area contributed by atoms with E-state index in [0.717, 1.165) is 28.7 Å². The molecular weight excluding hydrogens is 298 g/mol. The lowest BCUT2D eigenvalue weighted by Gasteiger charge is -2.24. The molecule has 0 radical (unpaired) electrons. The molecule has 3 aromatic rings. The molecule has 0 aliphatic heterocycles. The van der Waals surface area contributed by atoms with Crippen LogP contribution in [0.5, 0.6) is 5.75 Å². The number of likely N-dealkylation sites (N-methyl/N-ethyl adjacent to an activating group) is 1. The molecule has 1 aromatic heterocycles. The minimum atomic E-state index is 0. The quantitative estimate of drug-likeness (QED) is 0.774. The highest BCUT2D eigenvalue weighted by atomic mass is 35.5. The number of halogens is 1. The van der Waals surface area contributed by atoms with E-state index >= 15 is 0 Å². The summed E-state index contributed by atoms with van der Waals surface area (Å²) in [5, 5.41) is 10.8. The zero-order chi connectivity index (χ0) is 14.8. The standard InChI is InChI=1S/C18H19NO2.ClH/c1-19(2)17(13-7-5-8-15(20)10-13)12-16-11-14-6-3-4-9-18(14)21-16;/h3-11,17,20H,12H2,1-2H3;1H. The Bertz CT molecular complexity index is 718. The average Bonchev–Trinajstić information content (AvgIpc) is 2.87. The molecule has 0 aliphatic rings. The molecule has 22 heavy (non-hydrogen) atoms. The monoisotopic (exact) mass is 317 g/mol. The summed E-state index contributed by atoms with van der Waals surface area (Å²) in [6, 6.07) is 17.7. The number of nitrogens with zero attached hydrogens (tertiary/aromatic N) is 1. The number of phenolic OH excluding ortho intramolecular Hbond substituents is 1. The van der Waals surface area contributed by atoms with Crippen LogP contribution in [-0.2, 0) is 6.42 Å². The number of para-hydroxylation sites is 1. The molecular formula is C18H20ClNO2. The highest BCUT2D eigenvalue weighted by Gasteiger charge is 2.17. The van der Waals surface area contributed by atoms with Crippen LogP contribution in [0.25, 0.3) is 11.0 Å². The predicted molar refractivity (Wildman–Crippen MR) is 91.7 cm³/mol. The second-order valence-corrected chi connectivity index (χ2v) is 5.53. The van der Waals surface area contributed by atoms with Crippen LogP contribution in [0.3, 0.4) is 0 Å². The fourth-order valence-electron chi connectivity index (χ4n) is 2.66. The molecule has 3 nitrogen and oxygen atoms in total. The van der Waals surface area contributed by atoms with Crippen molar-refractivity contribution in [1.82, 2.24) is 4.90 Å². The molecule has 0 fully saturated rings. The summed E-state index contributed by atoms with van der Waals surface area (Å²) >= 11 is 0. The van der Waals surface area contributed by atoms with Crippen molar-refractivity contribution in [3.05, 3.63) is 65.9 Å². The normalized spacial score (nSPS) is 12.3. The number of rotatable bonds is 4. The largest absolute Gasteiger partial charge is 0.508 e. The molecule has 2 aromatic carbocycles. The minimum Gasteiger partial charge on any atom is -0.508 e. The van der Waals surface area contributed by atoms with Gasteiger partial charge in [0.1, 0.15) is 17.1 Å². The van der Waals surface area contributed by atoms with Crippen molar-refractivity contribution in [2.45, 2.75) is 12.5 Å². The van der Waals surface area contributed by atoms with E-state index in [4.69, 9.17) is 4.42 Å². The Kier molecular flexibility index (Phi) is 5.11. The second-order valence-electron chi connectivity index (χ2n) is 5.53. The third-order valence-electron chi connectivity index (χ3n) is 3.75. The summed E-state index contributed by atoms with van der Waals surface area (Å²) in [6.07, 6.45) is 0.769. The topological polar surface area (TPSA) is 36.6 Å². The summed E-state index contributed by atoms with van der Waals surface area (Å²) in [4.78, 5) is 2.14. The van der Waals surface area contributed by atoms with Crippen LogP contribution in [0.4, 0.5) is 0 Å². The van der Waals surface area contributed by atoms with Gasteiger partial charge in [0.05, 0.1) is 0 Å². The Hall–Kier alpha value is -1.97. The van der Waals surface area contributed by atoms with Crippen molar-refractivity contribution < 1.29 is 9.52 Å². The van der Waals surface area contributed by atoms with Crippen molar-refractivity contribution >= 4 is 23.4 Å². The van der Waals surface area contributed by atoms with Crippen LogP contribution in [0.15, 0.2) is 59.0 Å². The lowest BCUT2D eigenvalue weighted by molar-refractivity contribution is 0.284. The van der Waals surface area contributed by atoms with Crippen LogP contribution in [0.2, 0.25) is 0 Å². The Morgan fingerprint density at radius 2 is 1.82 bits per heavy atom. The highest BCUT2D eigenvalue weighted by Crippen LogP contribution is 2.28. The van der Waals surface area contributed by atoms with Gasteiger partial charge in [-0.3, -0.25) is 0 Å². The summed E-state index contributed by atoms with van der Waals surface area (Å²) < 4.78 is 5.91. The molecule has 0 spiro atoms. The maximum absolute atomic E-state index is 9.68. The Morgan fingerprint density at radius 1 is 1.05 bits per heavy atom. The molecule has 3 rings (SSSR count). The van der Waals surface area contributed by atoms with Gasteiger partial charge in [0, 0.05) is 17.8 Å². The highest BCUT2D eigenvalue weighted by molar-refractivity contribution is 5.85.